The number of nitrogens with zero attached hydrogens (tertiary/aromatic N) is 1. The summed E-state index contributed by atoms with van der Waals surface area (Å²) in [5.74, 6) is 0.720. The van der Waals surface area contributed by atoms with E-state index in [9.17, 15) is 5.11 Å². The molecule has 112 valence electrons. The van der Waals surface area contributed by atoms with Crippen molar-refractivity contribution >= 4 is 11.6 Å². The summed E-state index contributed by atoms with van der Waals surface area (Å²) in [5.41, 5.74) is 0. The normalized spacial score (nSPS) is 25.4. The van der Waals surface area contributed by atoms with E-state index >= 15 is 0 Å². The SMILES string of the molecule is C[C@@H]1CN(C[C@H](O)COc2ccc(Cl)cc2)C[C@H](C)O1. The fourth-order valence-corrected chi connectivity index (χ4v) is 2.63. The number of aliphatic hydroxyl groups excluding tert-OH is 1. The predicted molar refractivity (Wildman–Crippen MR) is 79.4 cm³/mol. The molecule has 0 aliphatic carbocycles. The van der Waals surface area contributed by atoms with E-state index in [0.717, 1.165) is 18.8 Å². The van der Waals surface area contributed by atoms with Crippen LogP contribution in [0.25, 0.3) is 0 Å². The van der Waals surface area contributed by atoms with Gasteiger partial charge in [0.2, 0.25) is 0 Å². The van der Waals surface area contributed by atoms with E-state index in [1.165, 1.54) is 0 Å². The van der Waals surface area contributed by atoms with Crippen LogP contribution in [0.3, 0.4) is 0 Å². The molecule has 3 atom stereocenters. The lowest BCUT2D eigenvalue weighted by Gasteiger charge is -2.36. The number of β-amino-alcohol motifs (C(OH)–C–C–N with tert-alkyl or cyclic N) is 1. The van der Waals surface area contributed by atoms with Gasteiger partial charge in [-0.2, -0.15) is 0 Å². The van der Waals surface area contributed by atoms with E-state index in [1.807, 2.05) is 0 Å². The Kier molecular flexibility index (Phi) is 5.66. The Morgan fingerprint density at radius 3 is 2.50 bits per heavy atom. The fraction of sp³-hybridized carbons (Fsp3) is 0.600. The number of hydrogen-bond acceptors (Lipinski definition) is 4. The minimum atomic E-state index is -0.511. The average Bonchev–Trinajstić information content (AvgIpc) is 2.37. The van der Waals surface area contributed by atoms with E-state index in [2.05, 4.69) is 18.7 Å². The largest absolute Gasteiger partial charge is 0.491 e. The number of benzene rings is 1. The van der Waals surface area contributed by atoms with E-state index in [4.69, 9.17) is 21.1 Å². The van der Waals surface area contributed by atoms with Gasteiger partial charge in [0.05, 0.1) is 12.2 Å². The summed E-state index contributed by atoms with van der Waals surface area (Å²) in [6.45, 7) is 6.69. The third-order valence-corrected chi connectivity index (χ3v) is 3.47. The highest BCUT2D eigenvalue weighted by atomic mass is 35.5. The zero-order valence-corrected chi connectivity index (χ0v) is 12.7. The summed E-state index contributed by atoms with van der Waals surface area (Å²) < 4.78 is 11.2. The number of morpholine rings is 1. The maximum atomic E-state index is 10.1. The van der Waals surface area contributed by atoms with Gasteiger partial charge in [-0.3, -0.25) is 4.90 Å². The monoisotopic (exact) mass is 299 g/mol. The van der Waals surface area contributed by atoms with Crippen LogP contribution in [0, 0.1) is 0 Å². The summed E-state index contributed by atoms with van der Waals surface area (Å²) in [6, 6.07) is 7.14. The first kappa shape index (κ1) is 15.6. The molecule has 5 heteroatoms. The Balaban J connectivity index is 1.74. The van der Waals surface area contributed by atoms with Gasteiger partial charge in [0.15, 0.2) is 0 Å². The Labute approximate surface area is 125 Å². The highest BCUT2D eigenvalue weighted by molar-refractivity contribution is 6.30. The molecule has 0 unspecified atom stereocenters. The van der Waals surface area contributed by atoms with Crippen LogP contribution in [0.15, 0.2) is 24.3 Å². The number of ether oxygens (including phenoxy) is 2. The molecule has 1 aliphatic heterocycles. The predicted octanol–water partition coefficient (Wildman–Crippen LogP) is 2.19. The van der Waals surface area contributed by atoms with Crippen molar-refractivity contribution in [3.05, 3.63) is 29.3 Å². The van der Waals surface area contributed by atoms with Crippen molar-refractivity contribution < 1.29 is 14.6 Å². The minimum absolute atomic E-state index is 0.211. The first-order valence-corrected chi connectivity index (χ1v) is 7.35. The molecule has 1 saturated heterocycles. The second-order valence-electron chi connectivity index (χ2n) is 5.39. The standard InChI is InChI=1S/C15H22ClNO3/c1-11-7-17(8-12(2)20-11)9-14(18)10-19-15-5-3-13(16)4-6-15/h3-6,11-12,14,18H,7-10H2,1-2H3/t11-,12+,14-/m0/s1. The molecule has 0 aromatic heterocycles. The first-order valence-electron chi connectivity index (χ1n) is 6.97. The van der Waals surface area contributed by atoms with Crippen LogP contribution in [0.4, 0.5) is 0 Å². The molecule has 4 nitrogen and oxygen atoms in total. The zero-order valence-electron chi connectivity index (χ0n) is 12.0. The Morgan fingerprint density at radius 1 is 1.30 bits per heavy atom. The van der Waals surface area contributed by atoms with Crippen molar-refractivity contribution in [2.75, 3.05) is 26.2 Å². The molecule has 0 saturated carbocycles. The molecule has 20 heavy (non-hydrogen) atoms. The zero-order chi connectivity index (χ0) is 14.5. The molecule has 1 aromatic rings. The van der Waals surface area contributed by atoms with Gasteiger partial charge in [0.1, 0.15) is 18.5 Å². The van der Waals surface area contributed by atoms with Crippen molar-refractivity contribution in [3.8, 4) is 5.75 Å². The fourth-order valence-electron chi connectivity index (χ4n) is 2.51. The first-order chi connectivity index (χ1) is 9.52. The molecule has 2 rings (SSSR count). The van der Waals surface area contributed by atoms with Crippen LogP contribution in [-0.2, 0) is 4.74 Å². The summed E-state index contributed by atoms with van der Waals surface area (Å²) >= 11 is 5.81. The van der Waals surface area contributed by atoms with Gasteiger partial charge >= 0.3 is 0 Å². The van der Waals surface area contributed by atoms with Crippen LogP contribution in [0.1, 0.15) is 13.8 Å². The molecular weight excluding hydrogens is 278 g/mol. The Morgan fingerprint density at radius 2 is 1.90 bits per heavy atom. The molecule has 1 heterocycles. The van der Waals surface area contributed by atoms with Crippen molar-refractivity contribution in [1.29, 1.82) is 0 Å². The van der Waals surface area contributed by atoms with Gasteiger partial charge in [-0.05, 0) is 38.1 Å². The van der Waals surface area contributed by atoms with Crippen molar-refractivity contribution in [2.24, 2.45) is 0 Å². The van der Waals surface area contributed by atoms with Gasteiger partial charge in [-0.15, -0.1) is 0 Å². The maximum Gasteiger partial charge on any atom is 0.119 e. The second-order valence-corrected chi connectivity index (χ2v) is 5.83. The summed E-state index contributed by atoms with van der Waals surface area (Å²) in [6.07, 6.45) is -0.0885. The van der Waals surface area contributed by atoms with Crippen LogP contribution in [-0.4, -0.2) is 54.6 Å². The van der Waals surface area contributed by atoms with Crippen molar-refractivity contribution in [3.63, 3.8) is 0 Å². The van der Waals surface area contributed by atoms with Crippen molar-refractivity contribution in [2.45, 2.75) is 32.2 Å². The lowest BCUT2D eigenvalue weighted by Crippen LogP contribution is -2.48. The average molecular weight is 300 g/mol. The molecule has 1 aliphatic rings. The number of rotatable bonds is 5. The van der Waals surface area contributed by atoms with Gasteiger partial charge in [-0.1, -0.05) is 11.6 Å². The summed E-state index contributed by atoms with van der Waals surface area (Å²) in [4.78, 5) is 2.22. The molecule has 0 radical (unpaired) electrons. The van der Waals surface area contributed by atoms with Crippen LogP contribution in [0.5, 0.6) is 5.75 Å². The molecular formula is C15H22ClNO3. The molecule has 0 spiro atoms. The quantitative estimate of drug-likeness (QED) is 0.905. The Bertz CT molecular complexity index is 402. The minimum Gasteiger partial charge on any atom is -0.491 e. The van der Waals surface area contributed by atoms with E-state index in [1.54, 1.807) is 24.3 Å². The van der Waals surface area contributed by atoms with Crippen molar-refractivity contribution in [1.82, 2.24) is 4.90 Å². The highest BCUT2D eigenvalue weighted by Crippen LogP contribution is 2.16. The van der Waals surface area contributed by atoms with Crippen LogP contribution in [0.2, 0.25) is 5.02 Å². The lowest BCUT2D eigenvalue weighted by atomic mass is 10.2. The molecule has 1 fully saturated rings. The smallest absolute Gasteiger partial charge is 0.119 e. The lowest BCUT2D eigenvalue weighted by molar-refractivity contribution is -0.0786. The summed E-state index contributed by atoms with van der Waals surface area (Å²) in [5, 5.41) is 10.7. The highest BCUT2D eigenvalue weighted by Gasteiger charge is 2.23. The van der Waals surface area contributed by atoms with Crippen LogP contribution >= 0.6 is 11.6 Å². The van der Waals surface area contributed by atoms with Gasteiger partial charge in [0.25, 0.3) is 0 Å². The number of hydrogen-bond donors (Lipinski definition) is 1. The van der Waals surface area contributed by atoms with Gasteiger partial charge in [0, 0.05) is 24.7 Å². The molecule has 1 aromatic carbocycles. The second kappa shape index (κ2) is 7.27. The molecule has 1 N–H and O–H groups in total. The van der Waals surface area contributed by atoms with E-state index in [0.29, 0.717) is 11.6 Å². The number of halogens is 1. The maximum absolute atomic E-state index is 10.1. The van der Waals surface area contributed by atoms with Gasteiger partial charge < -0.3 is 14.6 Å². The number of aliphatic hydroxyl groups is 1. The topological polar surface area (TPSA) is 41.9 Å². The Hall–Kier alpha value is -0.810. The molecule has 0 amide bonds. The van der Waals surface area contributed by atoms with E-state index in [-0.39, 0.29) is 18.8 Å². The van der Waals surface area contributed by atoms with E-state index < -0.39 is 6.10 Å². The molecule has 0 bridgehead atoms. The third-order valence-electron chi connectivity index (χ3n) is 3.22. The summed E-state index contributed by atoms with van der Waals surface area (Å²) in [7, 11) is 0. The van der Waals surface area contributed by atoms with Crippen LogP contribution < -0.4 is 4.74 Å². The van der Waals surface area contributed by atoms with Gasteiger partial charge in [-0.25, -0.2) is 0 Å². The third kappa shape index (κ3) is 4.94.